The third-order valence-electron chi connectivity index (χ3n) is 2.46. The molecule has 0 unspecified atom stereocenters. The van der Waals surface area contributed by atoms with Gasteiger partial charge in [-0.3, -0.25) is 15.2 Å². The minimum atomic E-state index is -0.107. The summed E-state index contributed by atoms with van der Waals surface area (Å²) >= 11 is 5.09. The van der Waals surface area contributed by atoms with Gasteiger partial charge in [0, 0.05) is 18.8 Å². The second-order valence-electron chi connectivity index (χ2n) is 3.92. The molecule has 100 valence electrons. The Morgan fingerprint density at radius 2 is 2.37 bits per heavy atom. The molecule has 0 aliphatic rings. The number of aromatic nitrogens is 5. The van der Waals surface area contributed by atoms with Gasteiger partial charge < -0.3 is 0 Å². The number of hydrogen-bond acceptors (Lipinski definition) is 5. The Morgan fingerprint density at radius 3 is 3.05 bits per heavy atom. The van der Waals surface area contributed by atoms with Gasteiger partial charge in [-0.25, -0.2) is 14.8 Å². The van der Waals surface area contributed by atoms with Gasteiger partial charge >= 0.3 is 0 Å². The van der Waals surface area contributed by atoms with Crippen molar-refractivity contribution in [2.45, 2.75) is 26.2 Å². The fraction of sp³-hybridized carbons (Fsp3) is 0.364. The van der Waals surface area contributed by atoms with Gasteiger partial charge in [-0.05, 0) is 18.6 Å². The van der Waals surface area contributed by atoms with Gasteiger partial charge in [-0.2, -0.15) is 5.10 Å². The van der Waals surface area contributed by atoms with Crippen LogP contribution >= 0.6 is 12.2 Å². The Hall–Kier alpha value is -2.09. The number of nitrogens with zero attached hydrogens (tertiary/aromatic N) is 4. The van der Waals surface area contributed by atoms with E-state index in [4.69, 9.17) is 12.2 Å². The Kier molecular flexibility index (Phi) is 4.35. The van der Waals surface area contributed by atoms with E-state index >= 15 is 0 Å². The largest absolute Gasteiger partial charge is 0.273 e. The predicted octanol–water partition coefficient (Wildman–Crippen LogP) is 1.66. The zero-order chi connectivity index (χ0) is 13.7. The lowest BCUT2D eigenvalue weighted by atomic mass is 10.2. The van der Waals surface area contributed by atoms with Crippen molar-refractivity contribution < 1.29 is 4.79 Å². The third-order valence-corrected chi connectivity index (χ3v) is 2.73. The van der Waals surface area contributed by atoms with Gasteiger partial charge in [-0.15, -0.1) is 0 Å². The van der Waals surface area contributed by atoms with Crippen LogP contribution in [0, 0.1) is 4.77 Å². The molecule has 2 N–H and O–H groups in total. The maximum Gasteiger partial charge on any atom is 0.238 e. The Bertz CT molecular complexity index is 605. The van der Waals surface area contributed by atoms with Crippen molar-refractivity contribution in [1.82, 2.24) is 24.8 Å². The number of carbonyl (C=O) groups is 1. The molecule has 0 bridgehead atoms. The van der Waals surface area contributed by atoms with Crippen LogP contribution in [0.25, 0.3) is 11.5 Å². The second-order valence-corrected chi connectivity index (χ2v) is 4.30. The summed E-state index contributed by atoms with van der Waals surface area (Å²) in [6.07, 6.45) is 6.91. The first kappa shape index (κ1) is 13.3. The van der Waals surface area contributed by atoms with Crippen molar-refractivity contribution in [1.29, 1.82) is 0 Å². The van der Waals surface area contributed by atoms with Crippen LogP contribution in [0.2, 0.25) is 0 Å². The molecular weight excluding hydrogens is 264 g/mol. The zero-order valence-electron chi connectivity index (χ0n) is 10.5. The summed E-state index contributed by atoms with van der Waals surface area (Å²) in [5.41, 5.74) is 3.24. The van der Waals surface area contributed by atoms with Crippen molar-refractivity contribution in [3.05, 3.63) is 23.4 Å². The summed E-state index contributed by atoms with van der Waals surface area (Å²) in [7, 11) is 0. The maximum absolute atomic E-state index is 11.7. The minimum Gasteiger partial charge on any atom is -0.273 e. The molecule has 1 amide bonds. The molecular formula is C11H14N6OS. The van der Waals surface area contributed by atoms with Crippen LogP contribution < -0.4 is 5.43 Å². The Labute approximate surface area is 115 Å². The molecule has 2 heterocycles. The number of rotatable bonds is 5. The van der Waals surface area contributed by atoms with Crippen molar-refractivity contribution in [2.24, 2.45) is 0 Å². The molecule has 0 atom stereocenters. The molecule has 8 heteroatoms. The second kappa shape index (κ2) is 6.19. The molecule has 7 nitrogen and oxygen atoms in total. The number of hydrogen-bond donors (Lipinski definition) is 2. The summed E-state index contributed by atoms with van der Waals surface area (Å²) in [4.78, 5) is 19.8. The number of H-pyrrole nitrogens is 1. The summed E-state index contributed by atoms with van der Waals surface area (Å²) in [5.74, 6) is 0.326. The molecule has 2 aromatic rings. The molecule has 0 saturated heterocycles. The molecule has 0 fully saturated rings. The van der Waals surface area contributed by atoms with Crippen molar-refractivity contribution in [3.63, 3.8) is 0 Å². The fourth-order valence-corrected chi connectivity index (χ4v) is 1.68. The first-order valence-corrected chi connectivity index (χ1v) is 6.37. The van der Waals surface area contributed by atoms with Crippen LogP contribution in [-0.4, -0.2) is 30.7 Å². The number of aromatic amines is 1. The first-order valence-electron chi connectivity index (χ1n) is 5.96. The summed E-state index contributed by atoms with van der Waals surface area (Å²) in [6, 6.07) is 0. The number of amides is 1. The molecule has 0 aromatic carbocycles. The van der Waals surface area contributed by atoms with E-state index < -0.39 is 0 Å². The molecule has 2 aromatic heterocycles. The van der Waals surface area contributed by atoms with E-state index in [1.54, 1.807) is 18.6 Å². The van der Waals surface area contributed by atoms with Gasteiger partial charge in [0.2, 0.25) is 16.5 Å². The highest BCUT2D eigenvalue weighted by molar-refractivity contribution is 7.71. The minimum absolute atomic E-state index is 0.107. The van der Waals surface area contributed by atoms with Crippen molar-refractivity contribution >= 4 is 18.1 Å². The summed E-state index contributed by atoms with van der Waals surface area (Å²) in [5, 5.41) is 6.68. The lowest BCUT2D eigenvalue weighted by Gasteiger charge is -2.07. The molecule has 0 saturated carbocycles. The quantitative estimate of drug-likeness (QED) is 0.812. The van der Waals surface area contributed by atoms with Gasteiger partial charge in [0.1, 0.15) is 5.69 Å². The highest BCUT2D eigenvalue weighted by Crippen LogP contribution is 2.11. The van der Waals surface area contributed by atoms with Gasteiger partial charge in [0.05, 0.1) is 6.20 Å². The van der Waals surface area contributed by atoms with E-state index in [1.807, 2.05) is 6.92 Å². The summed E-state index contributed by atoms with van der Waals surface area (Å²) in [6.45, 7) is 2.03. The molecule has 0 aliphatic heterocycles. The van der Waals surface area contributed by atoms with Gasteiger partial charge in [0.15, 0.2) is 0 Å². The van der Waals surface area contributed by atoms with Crippen LogP contribution in [0.5, 0.6) is 0 Å². The van der Waals surface area contributed by atoms with Crippen LogP contribution in [0.3, 0.4) is 0 Å². The van der Waals surface area contributed by atoms with Crippen LogP contribution in [0.4, 0.5) is 0 Å². The van der Waals surface area contributed by atoms with Crippen molar-refractivity contribution in [2.75, 3.05) is 5.43 Å². The topological polar surface area (TPSA) is 88.5 Å². The molecule has 2 rings (SSSR count). The zero-order valence-corrected chi connectivity index (χ0v) is 11.3. The maximum atomic E-state index is 11.7. The summed E-state index contributed by atoms with van der Waals surface area (Å²) < 4.78 is 1.72. The lowest BCUT2D eigenvalue weighted by Crippen LogP contribution is -2.23. The predicted molar refractivity (Wildman–Crippen MR) is 72.3 cm³/mol. The number of nitrogens with one attached hydrogen (secondary N) is 2. The average molecular weight is 278 g/mol. The van der Waals surface area contributed by atoms with E-state index in [-0.39, 0.29) is 5.91 Å². The highest BCUT2D eigenvalue weighted by Gasteiger charge is 2.12. The Balaban J connectivity index is 2.24. The van der Waals surface area contributed by atoms with E-state index in [9.17, 15) is 4.79 Å². The van der Waals surface area contributed by atoms with Crippen LogP contribution in [0.15, 0.2) is 18.6 Å². The van der Waals surface area contributed by atoms with Gasteiger partial charge in [0.25, 0.3) is 0 Å². The number of unbranched alkanes of at least 4 members (excludes halogenated alkanes) is 1. The first-order chi connectivity index (χ1) is 9.22. The van der Waals surface area contributed by atoms with E-state index in [2.05, 4.69) is 25.6 Å². The number of carbonyl (C=O) groups excluding carboxylic acids is 1. The molecule has 19 heavy (non-hydrogen) atoms. The molecule has 0 spiro atoms. The van der Waals surface area contributed by atoms with Gasteiger partial charge in [-0.1, -0.05) is 13.3 Å². The molecule has 0 radical (unpaired) electrons. The lowest BCUT2D eigenvalue weighted by molar-refractivity contribution is -0.117. The van der Waals surface area contributed by atoms with E-state index in [0.29, 0.717) is 22.7 Å². The fourth-order valence-electron chi connectivity index (χ4n) is 1.51. The van der Waals surface area contributed by atoms with E-state index in [1.165, 1.54) is 4.68 Å². The monoisotopic (exact) mass is 278 g/mol. The molecule has 0 aliphatic carbocycles. The van der Waals surface area contributed by atoms with Crippen molar-refractivity contribution in [3.8, 4) is 11.5 Å². The smallest absolute Gasteiger partial charge is 0.238 e. The standard InChI is InChI=1S/C11H14N6OS/c1-2-3-4-9(18)16-17-10(14-15-11(17)19)8-7-12-5-6-13-8/h5-7H,2-4H2,1H3,(H,15,19)(H,16,18). The normalized spacial score (nSPS) is 10.4. The van der Waals surface area contributed by atoms with Crippen LogP contribution in [-0.2, 0) is 4.79 Å². The average Bonchev–Trinajstić information content (AvgIpc) is 2.79. The SMILES string of the molecule is CCCCC(=O)Nn1c(-c2cnccn2)n[nH]c1=S. The third kappa shape index (κ3) is 3.22. The highest BCUT2D eigenvalue weighted by atomic mass is 32.1. The van der Waals surface area contributed by atoms with E-state index in [0.717, 1.165) is 12.8 Å². The van der Waals surface area contributed by atoms with Crippen LogP contribution in [0.1, 0.15) is 26.2 Å². The Morgan fingerprint density at radius 1 is 1.53 bits per heavy atom.